The van der Waals surface area contributed by atoms with Gasteiger partial charge in [-0.05, 0) is 24.6 Å². The Kier molecular flexibility index (Phi) is 5.10. The van der Waals surface area contributed by atoms with E-state index in [2.05, 4.69) is 19.9 Å². The van der Waals surface area contributed by atoms with Gasteiger partial charge in [-0.1, -0.05) is 12.1 Å². The molecule has 0 unspecified atom stereocenters. The van der Waals surface area contributed by atoms with E-state index in [9.17, 15) is 4.39 Å². The molecule has 2 heterocycles. The van der Waals surface area contributed by atoms with Crippen LogP contribution >= 0.6 is 0 Å². The molecular formula is C17H23FN6O. The summed E-state index contributed by atoms with van der Waals surface area (Å²) in [5, 5.41) is 0. The maximum absolute atomic E-state index is 13.1. The summed E-state index contributed by atoms with van der Waals surface area (Å²) in [6, 6.07) is 6.41. The van der Waals surface area contributed by atoms with Gasteiger partial charge in [-0.2, -0.15) is 15.0 Å². The standard InChI is InChI=1S/C17H23FN6O/c1-11(15-20-16(19)22-17(21-15)23(2)3)24-8-9-25-14(10-24)12-4-6-13(18)7-5-12/h4-7,11,14H,8-10H2,1-3H3,(H2,19,20,21,22)/t11-,14-/m0/s1. The highest BCUT2D eigenvalue weighted by Crippen LogP contribution is 2.28. The maximum atomic E-state index is 13.1. The molecule has 2 N–H and O–H groups in total. The third-order valence-corrected chi connectivity index (χ3v) is 4.32. The second-order valence-electron chi connectivity index (χ2n) is 6.33. The van der Waals surface area contributed by atoms with Crippen LogP contribution < -0.4 is 10.6 Å². The predicted octanol–water partition coefficient (Wildman–Crippen LogP) is 1.79. The average Bonchev–Trinajstić information content (AvgIpc) is 2.61. The molecule has 134 valence electrons. The second-order valence-corrected chi connectivity index (χ2v) is 6.33. The van der Waals surface area contributed by atoms with Gasteiger partial charge in [0.1, 0.15) is 5.82 Å². The number of benzene rings is 1. The van der Waals surface area contributed by atoms with Gasteiger partial charge in [-0.25, -0.2) is 4.39 Å². The van der Waals surface area contributed by atoms with E-state index in [0.717, 1.165) is 12.1 Å². The lowest BCUT2D eigenvalue weighted by atomic mass is 10.1. The van der Waals surface area contributed by atoms with E-state index in [1.54, 1.807) is 17.0 Å². The molecule has 1 saturated heterocycles. The fourth-order valence-electron chi connectivity index (χ4n) is 2.85. The lowest BCUT2D eigenvalue weighted by molar-refractivity contribution is -0.0442. The van der Waals surface area contributed by atoms with Crippen molar-refractivity contribution in [3.63, 3.8) is 0 Å². The minimum Gasteiger partial charge on any atom is -0.371 e. The summed E-state index contributed by atoms with van der Waals surface area (Å²) < 4.78 is 19.0. The zero-order valence-electron chi connectivity index (χ0n) is 14.7. The molecule has 0 amide bonds. The molecule has 1 aliphatic rings. The predicted molar refractivity (Wildman–Crippen MR) is 93.6 cm³/mol. The molecule has 7 nitrogen and oxygen atoms in total. The van der Waals surface area contributed by atoms with E-state index in [4.69, 9.17) is 10.5 Å². The molecule has 1 aromatic heterocycles. The Balaban J connectivity index is 1.78. The fourth-order valence-corrected chi connectivity index (χ4v) is 2.85. The van der Waals surface area contributed by atoms with Crippen molar-refractivity contribution >= 4 is 11.9 Å². The van der Waals surface area contributed by atoms with Crippen molar-refractivity contribution in [2.45, 2.75) is 19.1 Å². The maximum Gasteiger partial charge on any atom is 0.229 e. The van der Waals surface area contributed by atoms with Crippen molar-refractivity contribution in [1.29, 1.82) is 0 Å². The van der Waals surface area contributed by atoms with E-state index < -0.39 is 0 Å². The van der Waals surface area contributed by atoms with Crippen LogP contribution in [0.4, 0.5) is 16.3 Å². The van der Waals surface area contributed by atoms with Gasteiger partial charge in [0.05, 0.1) is 18.8 Å². The molecule has 1 aliphatic heterocycles. The first-order chi connectivity index (χ1) is 11.9. The van der Waals surface area contributed by atoms with Gasteiger partial charge < -0.3 is 15.4 Å². The summed E-state index contributed by atoms with van der Waals surface area (Å²) in [6.45, 7) is 4.08. The van der Waals surface area contributed by atoms with Crippen molar-refractivity contribution < 1.29 is 9.13 Å². The molecule has 1 aromatic carbocycles. The van der Waals surface area contributed by atoms with Crippen molar-refractivity contribution in [2.24, 2.45) is 0 Å². The van der Waals surface area contributed by atoms with Crippen molar-refractivity contribution in [2.75, 3.05) is 44.4 Å². The number of ether oxygens (including phenoxy) is 1. The van der Waals surface area contributed by atoms with Crippen LogP contribution in [-0.2, 0) is 4.74 Å². The van der Waals surface area contributed by atoms with Gasteiger partial charge in [-0.15, -0.1) is 0 Å². The van der Waals surface area contributed by atoms with Crippen molar-refractivity contribution in [3.05, 3.63) is 41.5 Å². The summed E-state index contributed by atoms with van der Waals surface area (Å²) in [6.07, 6.45) is -0.107. The summed E-state index contributed by atoms with van der Waals surface area (Å²) in [5.74, 6) is 1.14. The zero-order chi connectivity index (χ0) is 18.0. The van der Waals surface area contributed by atoms with Crippen LogP contribution in [0.1, 0.15) is 30.5 Å². The van der Waals surface area contributed by atoms with Crippen LogP contribution in [0.3, 0.4) is 0 Å². The highest BCUT2D eigenvalue weighted by atomic mass is 19.1. The molecule has 2 aromatic rings. The molecule has 0 aliphatic carbocycles. The first kappa shape index (κ1) is 17.5. The Morgan fingerprint density at radius 3 is 2.64 bits per heavy atom. The van der Waals surface area contributed by atoms with E-state index in [0.29, 0.717) is 24.9 Å². The highest BCUT2D eigenvalue weighted by Gasteiger charge is 2.28. The third-order valence-electron chi connectivity index (χ3n) is 4.32. The van der Waals surface area contributed by atoms with E-state index in [1.165, 1.54) is 12.1 Å². The van der Waals surface area contributed by atoms with E-state index in [-0.39, 0.29) is 23.9 Å². The van der Waals surface area contributed by atoms with Gasteiger partial charge in [-0.3, -0.25) is 4.90 Å². The van der Waals surface area contributed by atoms with Crippen molar-refractivity contribution in [1.82, 2.24) is 19.9 Å². The second kappa shape index (κ2) is 7.28. The lowest BCUT2D eigenvalue weighted by Gasteiger charge is -2.36. The molecule has 0 radical (unpaired) electrons. The van der Waals surface area contributed by atoms with Gasteiger partial charge in [0, 0.05) is 27.2 Å². The number of hydrogen-bond acceptors (Lipinski definition) is 7. The summed E-state index contributed by atoms with van der Waals surface area (Å²) >= 11 is 0. The molecule has 0 saturated carbocycles. The summed E-state index contributed by atoms with van der Waals surface area (Å²) in [5.41, 5.74) is 6.79. The molecular weight excluding hydrogens is 323 g/mol. The first-order valence-corrected chi connectivity index (χ1v) is 8.24. The van der Waals surface area contributed by atoms with E-state index in [1.807, 2.05) is 21.0 Å². The number of nitrogens with zero attached hydrogens (tertiary/aromatic N) is 5. The number of hydrogen-bond donors (Lipinski definition) is 1. The zero-order valence-corrected chi connectivity index (χ0v) is 14.7. The van der Waals surface area contributed by atoms with Crippen LogP contribution in [0, 0.1) is 5.82 Å². The van der Waals surface area contributed by atoms with Crippen LogP contribution in [-0.4, -0.2) is 53.6 Å². The van der Waals surface area contributed by atoms with Gasteiger partial charge in [0.15, 0.2) is 5.82 Å². The van der Waals surface area contributed by atoms with Gasteiger partial charge >= 0.3 is 0 Å². The fraction of sp³-hybridized carbons (Fsp3) is 0.471. The molecule has 0 bridgehead atoms. The van der Waals surface area contributed by atoms with Crippen LogP contribution in [0.25, 0.3) is 0 Å². The molecule has 8 heteroatoms. The Bertz CT molecular complexity index is 724. The Hall–Kier alpha value is -2.32. The Morgan fingerprint density at radius 1 is 1.24 bits per heavy atom. The van der Waals surface area contributed by atoms with Crippen LogP contribution in [0.2, 0.25) is 0 Å². The number of rotatable bonds is 4. The molecule has 25 heavy (non-hydrogen) atoms. The van der Waals surface area contributed by atoms with E-state index >= 15 is 0 Å². The largest absolute Gasteiger partial charge is 0.371 e. The Labute approximate surface area is 146 Å². The van der Waals surface area contributed by atoms with Gasteiger partial charge in [0.2, 0.25) is 11.9 Å². The monoisotopic (exact) mass is 346 g/mol. The number of anilines is 2. The number of aromatic nitrogens is 3. The quantitative estimate of drug-likeness (QED) is 0.904. The Morgan fingerprint density at radius 2 is 1.96 bits per heavy atom. The number of halogens is 1. The normalized spacial score (nSPS) is 19.6. The van der Waals surface area contributed by atoms with Gasteiger partial charge in [0.25, 0.3) is 0 Å². The SMILES string of the molecule is C[C@@H](c1nc(N)nc(N(C)C)n1)N1CCO[C@H](c2ccc(F)cc2)C1. The molecule has 3 rings (SSSR count). The minimum absolute atomic E-state index is 0.0316. The first-order valence-electron chi connectivity index (χ1n) is 8.24. The molecule has 2 atom stereocenters. The molecule has 0 spiro atoms. The summed E-state index contributed by atoms with van der Waals surface area (Å²) in [4.78, 5) is 17.0. The van der Waals surface area contributed by atoms with Crippen LogP contribution in [0.5, 0.6) is 0 Å². The molecule has 1 fully saturated rings. The number of nitrogen functional groups attached to an aromatic ring is 1. The topological polar surface area (TPSA) is 80.4 Å². The average molecular weight is 346 g/mol. The van der Waals surface area contributed by atoms with Crippen molar-refractivity contribution in [3.8, 4) is 0 Å². The highest BCUT2D eigenvalue weighted by molar-refractivity contribution is 5.33. The third kappa shape index (κ3) is 4.02. The number of nitrogens with two attached hydrogens (primary N) is 1. The number of morpholine rings is 1. The minimum atomic E-state index is -0.248. The smallest absolute Gasteiger partial charge is 0.229 e. The summed E-state index contributed by atoms with van der Waals surface area (Å²) in [7, 11) is 3.73. The van der Waals surface area contributed by atoms with Crippen LogP contribution in [0.15, 0.2) is 24.3 Å². The lowest BCUT2D eigenvalue weighted by Crippen LogP contribution is -2.40.